The van der Waals surface area contributed by atoms with Crippen LogP contribution < -0.4 is 5.32 Å². The summed E-state index contributed by atoms with van der Waals surface area (Å²) in [5.41, 5.74) is 2.88. The SMILES string of the molecule is CN(C)C(=O)c1ccc(CNC(=O)c2cc3cc(Cl)ccc3[nH]2)cc1. The van der Waals surface area contributed by atoms with Crippen LogP contribution in [0.15, 0.2) is 48.5 Å². The molecule has 0 aliphatic carbocycles. The lowest BCUT2D eigenvalue weighted by molar-refractivity contribution is 0.0827. The number of nitrogens with one attached hydrogen (secondary N) is 2. The number of H-pyrrole nitrogens is 1. The molecule has 0 spiro atoms. The molecular formula is C19H18ClN3O2. The first-order valence-electron chi connectivity index (χ1n) is 7.81. The average molecular weight is 356 g/mol. The van der Waals surface area contributed by atoms with Crippen LogP contribution in [0.1, 0.15) is 26.4 Å². The predicted octanol–water partition coefficient (Wildman–Crippen LogP) is 3.45. The van der Waals surface area contributed by atoms with Crippen LogP contribution >= 0.6 is 11.6 Å². The molecule has 25 heavy (non-hydrogen) atoms. The van der Waals surface area contributed by atoms with E-state index < -0.39 is 0 Å². The first kappa shape index (κ1) is 17.0. The Morgan fingerprint density at radius 1 is 1.08 bits per heavy atom. The van der Waals surface area contributed by atoms with E-state index in [0.29, 0.717) is 22.8 Å². The Morgan fingerprint density at radius 3 is 2.48 bits per heavy atom. The smallest absolute Gasteiger partial charge is 0.267 e. The minimum Gasteiger partial charge on any atom is -0.351 e. The normalized spacial score (nSPS) is 10.7. The van der Waals surface area contributed by atoms with Crippen molar-refractivity contribution in [3.8, 4) is 0 Å². The van der Waals surface area contributed by atoms with Crippen molar-refractivity contribution in [3.63, 3.8) is 0 Å². The van der Waals surface area contributed by atoms with Crippen molar-refractivity contribution in [1.29, 1.82) is 0 Å². The Balaban J connectivity index is 1.66. The summed E-state index contributed by atoms with van der Waals surface area (Å²) >= 11 is 5.96. The number of halogens is 1. The monoisotopic (exact) mass is 355 g/mol. The van der Waals surface area contributed by atoms with Crippen LogP contribution in [0.4, 0.5) is 0 Å². The van der Waals surface area contributed by atoms with Gasteiger partial charge in [-0.05, 0) is 42.0 Å². The molecule has 6 heteroatoms. The molecule has 0 atom stereocenters. The number of carbonyl (C=O) groups excluding carboxylic acids is 2. The minimum absolute atomic E-state index is 0.0488. The van der Waals surface area contributed by atoms with E-state index in [4.69, 9.17) is 11.6 Å². The van der Waals surface area contributed by atoms with E-state index in [1.807, 2.05) is 24.3 Å². The molecule has 0 saturated heterocycles. The van der Waals surface area contributed by atoms with Gasteiger partial charge in [0.2, 0.25) is 0 Å². The van der Waals surface area contributed by atoms with Crippen molar-refractivity contribution in [1.82, 2.24) is 15.2 Å². The third-order valence-corrected chi connectivity index (χ3v) is 4.12. The first-order chi connectivity index (χ1) is 11.9. The standard InChI is InChI=1S/C19H18ClN3O2/c1-23(2)19(25)13-5-3-12(4-6-13)11-21-18(24)17-10-14-9-15(20)7-8-16(14)22-17/h3-10,22H,11H2,1-2H3,(H,21,24). The molecule has 0 aliphatic rings. The third kappa shape index (κ3) is 3.83. The van der Waals surface area contributed by atoms with E-state index in [1.165, 1.54) is 4.90 Å². The number of amides is 2. The summed E-state index contributed by atoms with van der Waals surface area (Å²) < 4.78 is 0. The molecule has 5 nitrogen and oxygen atoms in total. The van der Waals surface area contributed by atoms with Crippen molar-refractivity contribution in [2.24, 2.45) is 0 Å². The van der Waals surface area contributed by atoms with Crippen molar-refractivity contribution in [3.05, 3.63) is 70.4 Å². The van der Waals surface area contributed by atoms with Crippen LogP contribution in [-0.2, 0) is 6.54 Å². The van der Waals surface area contributed by atoms with Gasteiger partial charge in [0.25, 0.3) is 11.8 Å². The fraction of sp³-hybridized carbons (Fsp3) is 0.158. The zero-order valence-corrected chi connectivity index (χ0v) is 14.7. The summed E-state index contributed by atoms with van der Waals surface area (Å²) in [7, 11) is 3.42. The average Bonchev–Trinajstić information content (AvgIpc) is 3.02. The maximum Gasteiger partial charge on any atom is 0.267 e. The highest BCUT2D eigenvalue weighted by Gasteiger charge is 2.10. The highest BCUT2D eigenvalue weighted by Crippen LogP contribution is 2.20. The fourth-order valence-electron chi connectivity index (χ4n) is 2.53. The molecule has 0 bridgehead atoms. The van der Waals surface area contributed by atoms with Crippen molar-refractivity contribution >= 4 is 34.3 Å². The molecule has 3 aromatic rings. The molecule has 3 rings (SSSR count). The maximum atomic E-state index is 12.3. The van der Waals surface area contributed by atoms with Gasteiger partial charge in [0.1, 0.15) is 5.69 Å². The summed E-state index contributed by atoms with van der Waals surface area (Å²) in [5.74, 6) is -0.243. The molecule has 1 heterocycles. The number of aromatic amines is 1. The van der Waals surface area contributed by atoms with E-state index in [0.717, 1.165) is 16.5 Å². The Bertz CT molecular complexity index is 929. The number of hydrogen-bond acceptors (Lipinski definition) is 2. The second-order valence-corrected chi connectivity index (χ2v) is 6.43. The summed E-state index contributed by atoms with van der Waals surface area (Å²) in [6, 6.07) is 14.4. The lowest BCUT2D eigenvalue weighted by Gasteiger charge is -2.10. The largest absolute Gasteiger partial charge is 0.351 e. The highest BCUT2D eigenvalue weighted by molar-refractivity contribution is 6.31. The molecule has 0 radical (unpaired) electrons. The Kier molecular flexibility index (Phi) is 4.76. The van der Waals surface area contributed by atoms with Gasteiger partial charge in [-0.1, -0.05) is 23.7 Å². The fourth-order valence-corrected chi connectivity index (χ4v) is 2.71. The van der Waals surface area contributed by atoms with Gasteiger partial charge in [0, 0.05) is 42.1 Å². The second-order valence-electron chi connectivity index (χ2n) is 5.99. The number of fused-ring (bicyclic) bond motifs is 1. The van der Waals surface area contributed by atoms with E-state index in [-0.39, 0.29) is 11.8 Å². The lowest BCUT2D eigenvalue weighted by atomic mass is 10.1. The molecule has 2 N–H and O–H groups in total. The molecule has 128 valence electrons. The molecular weight excluding hydrogens is 338 g/mol. The first-order valence-corrected chi connectivity index (χ1v) is 8.19. The van der Waals surface area contributed by atoms with Crippen LogP contribution in [0.3, 0.4) is 0 Å². The second kappa shape index (κ2) is 6.99. The lowest BCUT2D eigenvalue weighted by Crippen LogP contribution is -2.23. The zero-order valence-electron chi connectivity index (χ0n) is 14.0. The van der Waals surface area contributed by atoms with Gasteiger partial charge in [-0.2, -0.15) is 0 Å². The van der Waals surface area contributed by atoms with Crippen molar-refractivity contribution in [2.45, 2.75) is 6.54 Å². The van der Waals surface area contributed by atoms with Gasteiger partial charge in [0.05, 0.1) is 0 Å². The number of rotatable bonds is 4. The summed E-state index contributed by atoms with van der Waals surface area (Å²) in [6.45, 7) is 0.380. The molecule has 2 amide bonds. The van der Waals surface area contributed by atoms with E-state index in [1.54, 1.807) is 38.4 Å². The Hall–Kier alpha value is -2.79. The van der Waals surface area contributed by atoms with Gasteiger partial charge in [0.15, 0.2) is 0 Å². The Morgan fingerprint density at radius 2 is 1.80 bits per heavy atom. The van der Waals surface area contributed by atoms with E-state index in [2.05, 4.69) is 10.3 Å². The van der Waals surface area contributed by atoms with Crippen LogP contribution in [0.5, 0.6) is 0 Å². The van der Waals surface area contributed by atoms with Gasteiger partial charge in [-0.3, -0.25) is 9.59 Å². The van der Waals surface area contributed by atoms with Crippen LogP contribution in [0.25, 0.3) is 10.9 Å². The number of benzene rings is 2. The molecule has 1 aromatic heterocycles. The quantitative estimate of drug-likeness (QED) is 0.752. The highest BCUT2D eigenvalue weighted by atomic mass is 35.5. The summed E-state index contributed by atoms with van der Waals surface area (Å²) in [4.78, 5) is 28.8. The topological polar surface area (TPSA) is 65.2 Å². The van der Waals surface area contributed by atoms with Crippen molar-refractivity contribution < 1.29 is 9.59 Å². The minimum atomic E-state index is -0.194. The number of nitrogens with zero attached hydrogens (tertiary/aromatic N) is 1. The summed E-state index contributed by atoms with van der Waals surface area (Å²) in [5, 5.41) is 4.39. The molecule has 0 unspecified atom stereocenters. The van der Waals surface area contributed by atoms with Crippen LogP contribution in [0.2, 0.25) is 5.02 Å². The van der Waals surface area contributed by atoms with E-state index in [9.17, 15) is 9.59 Å². The zero-order chi connectivity index (χ0) is 18.0. The van der Waals surface area contributed by atoms with Gasteiger partial charge in [-0.25, -0.2) is 0 Å². The molecule has 0 saturated carbocycles. The number of aromatic nitrogens is 1. The van der Waals surface area contributed by atoms with Gasteiger partial charge < -0.3 is 15.2 Å². The van der Waals surface area contributed by atoms with Crippen LogP contribution in [0, 0.1) is 0 Å². The molecule has 0 fully saturated rings. The molecule has 0 aliphatic heterocycles. The maximum absolute atomic E-state index is 12.3. The predicted molar refractivity (Wildman–Crippen MR) is 98.9 cm³/mol. The van der Waals surface area contributed by atoms with Gasteiger partial charge >= 0.3 is 0 Å². The third-order valence-electron chi connectivity index (χ3n) is 3.89. The van der Waals surface area contributed by atoms with E-state index >= 15 is 0 Å². The number of hydrogen-bond donors (Lipinski definition) is 2. The molecule has 2 aromatic carbocycles. The van der Waals surface area contributed by atoms with Gasteiger partial charge in [-0.15, -0.1) is 0 Å². The summed E-state index contributed by atoms with van der Waals surface area (Å²) in [6.07, 6.45) is 0. The Labute approximate surface area is 150 Å². The van der Waals surface area contributed by atoms with Crippen molar-refractivity contribution in [2.75, 3.05) is 14.1 Å². The number of carbonyl (C=O) groups is 2. The van der Waals surface area contributed by atoms with Crippen LogP contribution in [-0.4, -0.2) is 35.8 Å².